The fourth-order valence-electron chi connectivity index (χ4n) is 3.56. The number of hydrogen-bond donors (Lipinski definition) is 1. The molecule has 0 fully saturated rings. The smallest absolute Gasteiger partial charge is 0.272 e. The molecule has 0 aliphatic carbocycles. The second-order valence-electron chi connectivity index (χ2n) is 7.68. The van der Waals surface area contributed by atoms with Crippen LogP contribution < -0.4 is 11.3 Å². The minimum absolute atomic E-state index is 0.0760. The topological polar surface area (TPSA) is 94.1 Å². The summed E-state index contributed by atoms with van der Waals surface area (Å²) in [4.78, 5) is 35.6. The van der Waals surface area contributed by atoms with Crippen LogP contribution in [0.2, 0.25) is 0 Å². The standard InChI is InChI=1S/C22H22FN5O2/c1-13(2)18-10-19(26-22(24)25-18)21(30)27-8-7-14-9-20(29)28(12-15(14)11-27)17-5-3-16(23)4-6-17/h3-6,9-10,12-13H,7-8,11H2,1-2H3,(H2,24,25,26). The lowest BCUT2D eigenvalue weighted by Gasteiger charge is -2.29. The molecule has 0 saturated heterocycles. The van der Waals surface area contributed by atoms with Crippen LogP contribution in [0.1, 0.15) is 47.1 Å². The summed E-state index contributed by atoms with van der Waals surface area (Å²) in [5, 5.41) is 0. The number of carbonyl (C=O) groups excluding carboxylic acids is 1. The van der Waals surface area contributed by atoms with E-state index in [9.17, 15) is 14.0 Å². The molecule has 4 rings (SSSR count). The monoisotopic (exact) mass is 407 g/mol. The van der Waals surface area contributed by atoms with Gasteiger partial charge in [0.1, 0.15) is 11.5 Å². The molecule has 30 heavy (non-hydrogen) atoms. The molecule has 2 aromatic heterocycles. The summed E-state index contributed by atoms with van der Waals surface area (Å²) in [6.45, 7) is 4.77. The maximum Gasteiger partial charge on any atom is 0.272 e. The third-order valence-corrected chi connectivity index (χ3v) is 5.21. The molecule has 7 nitrogen and oxygen atoms in total. The lowest BCUT2D eigenvalue weighted by molar-refractivity contribution is 0.0728. The van der Waals surface area contributed by atoms with E-state index >= 15 is 0 Å². The zero-order valence-corrected chi connectivity index (χ0v) is 16.8. The molecule has 0 atom stereocenters. The first-order valence-electron chi connectivity index (χ1n) is 9.76. The molecule has 1 aliphatic heterocycles. The van der Waals surface area contributed by atoms with E-state index in [4.69, 9.17) is 5.73 Å². The Morgan fingerprint density at radius 1 is 1.13 bits per heavy atom. The molecule has 3 aromatic rings. The number of halogens is 1. The lowest BCUT2D eigenvalue weighted by atomic mass is 10.0. The second-order valence-corrected chi connectivity index (χ2v) is 7.68. The zero-order chi connectivity index (χ0) is 21.4. The zero-order valence-electron chi connectivity index (χ0n) is 16.8. The molecule has 8 heteroatoms. The third kappa shape index (κ3) is 3.80. The molecule has 154 valence electrons. The number of carbonyl (C=O) groups is 1. The highest BCUT2D eigenvalue weighted by molar-refractivity contribution is 5.92. The van der Waals surface area contributed by atoms with Crippen molar-refractivity contribution in [1.29, 1.82) is 0 Å². The summed E-state index contributed by atoms with van der Waals surface area (Å²) in [6.07, 6.45) is 2.29. The van der Waals surface area contributed by atoms with Crippen LogP contribution in [0.4, 0.5) is 10.3 Å². The van der Waals surface area contributed by atoms with Crippen LogP contribution in [0.3, 0.4) is 0 Å². The molecule has 1 amide bonds. The minimum atomic E-state index is -0.369. The number of anilines is 1. The molecule has 0 spiro atoms. The molecular formula is C22H22FN5O2. The van der Waals surface area contributed by atoms with Crippen molar-refractivity contribution in [2.24, 2.45) is 0 Å². The van der Waals surface area contributed by atoms with Crippen molar-refractivity contribution < 1.29 is 9.18 Å². The van der Waals surface area contributed by atoms with Crippen molar-refractivity contribution in [3.8, 4) is 5.69 Å². The van der Waals surface area contributed by atoms with E-state index in [1.54, 1.807) is 35.4 Å². The van der Waals surface area contributed by atoms with E-state index in [2.05, 4.69) is 9.97 Å². The van der Waals surface area contributed by atoms with Gasteiger partial charge in [-0.15, -0.1) is 0 Å². The Labute approximate surface area is 173 Å². The van der Waals surface area contributed by atoms with Crippen molar-refractivity contribution in [1.82, 2.24) is 19.4 Å². The predicted octanol–water partition coefficient (Wildman–Crippen LogP) is 2.67. The van der Waals surface area contributed by atoms with Crippen molar-refractivity contribution in [3.05, 3.63) is 81.3 Å². The number of aromatic nitrogens is 3. The lowest BCUT2D eigenvalue weighted by Crippen LogP contribution is -2.38. The first kappa shape index (κ1) is 19.8. The van der Waals surface area contributed by atoms with Gasteiger partial charge < -0.3 is 10.6 Å². The SMILES string of the molecule is CC(C)c1cc(C(=O)N2CCc3cc(=O)n(-c4ccc(F)cc4)cc3C2)nc(N)n1. The van der Waals surface area contributed by atoms with Gasteiger partial charge in [-0.1, -0.05) is 13.8 Å². The van der Waals surface area contributed by atoms with E-state index in [0.717, 1.165) is 11.1 Å². The van der Waals surface area contributed by atoms with Gasteiger partial charge in [0.25, 0.3) is 11.5 Å². The molecule has 1 aliphatic rings. The normalized spacial score (nSPS) is 13.4. The van der Waals surface area contributed by atoms with Crippen molar-refractivity contribution in [2.45, 2.75) is 32.7 Å². The van der Waals surface area contributed by atoms with Crippen LogP contribution in [0.25, 0.3) is 5.69 Å². The third-order valence-electron chi connectivity index (χ3n) is 5.21. The number of pyridine rings is 1. The summed E-state index contributed by atoms with van der Waals surface area (Å²) >= 11 is 0. The number of nitrogens with two attached hydrogens (primary N) is 1. The summed E-state index contributed by atoms with van der Waals surface area (Å²) < 4.78 is 14.7. The van der Waals surface area contributed by atoms with Crippen LogP contribution in [-0.2, 0) is 13.0 Å². The fourth-order valence-corrected chi connectivity index (χ4v) is 3.56. The van der Waals surface area contributed by atoms with E-state index in [1.807, 2.05) is 13.8 Å². The van der Waals surface area contributed by atoms with Gasteiger partial charge in [0, 0.05) is 36.7 Å². The number of hydrogen-bond acceptors (Lipinski definition) is 5. The molecule has 0 unspecified atom stereocenters. The van der Waals surface area contributed by atoms with E-state index in [-0.39, 0.29) is 34.8 Å². The van der Waals surface area contributed by atoms with Crippen LogP contribution in [0.5, 0.6) is 0 Å². The van der Waals surface area contributed by atoms with Crippen LogP contribution >= 0.6 is 0 Å². The Kier molecular flexibility index (Phi) is 5.07. The number of rotatable bonds is 3. The average Bonchev–Trinajstić information content (AvgIpc) is 2.72. The van der Waals surface area contributed by atoms with Gasteiger partial charge in [-0.3, -0.25) is 14.2 Å². The fraction of sp³-hybridized carbons (Fsp3) is 0.273. The Bertz CT molecular complexity index is 1170. The van der Waals surface area contributed by atoms with Gasteiger partial charge in [-0.2, -0.15) is 0 Å². The highest BCUT2D eigenvalue weighted by atomic mass is 19.1. The maximum atomic E-state index is 13.2. The number of nitrogens with zero attached hydrogens (tertiary/aromatic N) is 4. The quantitative estimate of drug-likeness (QED) is 0.720. The maximum absolute atomic E-state index is 13.2. The van der Waals surface area contributed by atoms with Gasteiger partial charge in [-0.25, -0.2) is 14.4 Å². The molecule has 1 aromatic carbocycles. The Morgan fingerprint density at radius 2 is 1.87 bits per heavy atom. The Morgan fingerprint density at radius 3 is 2.57 bits per heavy atom. The van der Waals surface area contributed by atoms with Gasteiger partial charge in [-0.05, 0) is 53.8 Å². The minimum Gasteiger partial charge on any atom is -0.368 e. The van der Waals surface area contributed by atoms with Gasteiger partial charge in [0.2, 0.25) is 5.95 Å². The second kappa shape index (κ2) is 7.70. The highest BCUT2D eigenvalue weighted by Crippen LogP contribution is 2.21. The van der Waals surface area contributed by atoms with Crippen LogP contribution in [-0.4, -0.2) is 31.9 Å². The van der Waals surface area contributed by atoms with E-state index in [1.165, 1.54) is 16.7 Å². The van der Waals surface area contributed by atoms with Gasteiger partial charge in [0.15, 0.2) is 0 Å². The van der Waals surface area contributed by atoms with Crippen LogP contribution in [0, 0.1) is 5.82 Å². The van der Waals surface area contributed by atoms with Crippen molar-refractivity contribution >= 4 is 11.9 Å². The first-order valence-corrected chi connectivity index (χ1v) is 9.76. The number of amides is 1. The predicted molar refractivity (Wildman–Crippen MR) is 111 cm³/mol. The number of fused-ring (bicyclic) bond motifs is 1. The summed E-state index contributed by atoms with van der Waals surface area (Å²) in [5.74, 6) is -0.399. The molecule has 3 heterocycles. The van der Waals surface area contributed by atoms with E-state index < -0.39 is 0 Å². The highest BCUT2D eigenvalue weighted by Gasteiger charge is 2.25. The summed E-state index contributed by atoms with van der Waals surface area (Å²) in [6, 6.07) is 8.97. The molecule has 2 N–H and O–H groups in total. The first-order chi connectivity index (χ1) is 14.3. The van der Waals surface area contributed by atoms with Crippen molar-refractivity contribution in [2.75, 3.05) is 12.3 Å². The van der Waals surface area contributed by atoms with Crippen molar-refractivity contribution in [3.63, 3.8) is 0 Å². The molecule has 0 bridgehead atoms. The molecule has 0 saturated carbocycles. The van der Waals surface area contributed by atoms with Gasteiger partial charge >= 0.3 is 0 Å². The molecule has 0 radical (unpaired) electrons. The number of benzene rings is 1. The average molecular weight is 407 g/mol. The largest absolute Gasteiger partial charge is 0.368 e. The van der Waals surface area contributed by atoms with Gasteiger partial charge in [0.05, 0.1) is 0 Å². The van der Waals surface area contributed by atoms with Crippen LogP contribution in [0.15, 0.2) is 47.4 Å². The number of nitrogen functional groups attached to an aromatic ring is 1. The Hall–Kier alpha value is -3.55. The summed E-state index contributed by atoms with van der Waals surface area (Å²) in [7, 11) is 0. The summed E-state index contributed by atoms with van der Waals surface area (Å²) in [5.41, 5.74) is 8.93. The Balaban J connectivity index is 1.64. The van der Waals surface area contributed by atoms with E-state index in [0.29, 0.717) is 30.9 Å². The molecular weight excluding hydrogens is 385 g/mol.